The number of nitrogens with one attached hydrogen (secondary N) is 1. The van der Waals surface area contributed by atoms with Gasteiger partial charge in [0.2, 0.25) is 5.91 Å². The second kappa shape index (κ2) is 8.83. The molecule has 1 fully saturated rings. The predicted octanol–water partition coefficient (Wildman–Crippen LogP) is 4.58. The molecule has 6 heteroatoms. The lowest BCUT2D eigenvalue weighted by atomic mass is 9.91. The molecule has 4 aromatic rings. The van der Waals surface area contributed by atoms with E-state index in [1.54, 1.807) is 19.5 Å². The number of hydrogen-bond acceptors (Lipinski definition) is 4. The molecule has 32 heavy (non-hydrogen) atoms. The van der Waals surface area contributed by atoms with Gasteiger partial charge in [-0.2, -0.15) is 0 Å². The largest absolute Gasteiger partial charge is 0.497 e. The summed E-state index contributed by atoms with van der Waals surface area (Å²) in [5, 5.41) is 1.11. The average molecular weight is 427 g/mol. The zero-order valence-electron chi connectivity index (χ0n) is 18.1. The molecule has 0 bridgehead atoms. The Hall–Kier alpha value is -3.67. The average Bonchev–Trinajstić information content (AvgIpc) is 3.27. The Labute approximate surface area is 187 Å². The summed E-state index contributed by atoms with van der Waals surface area (Å²) in [5.74, 6) is 1.11. The molecule has 1 amide bonds. The molecule has 1 aliphatic rings. The number of methoxy groups -OCH3 is 1. The third-order valence-corrected chi connectivity index (χ3v) is 6.25. The number of nitrogens with zero attached hydrogens (tertiary/aromatic N) is 3. The van der Waals surface area contributed by atoms with E-state index in [9.17, 15) is 4.79 Å². The number of amides is 1. The summed E-state index contributed by atoms with van der Waals surface area (Å²) >= 11 is 0. The third kappa shape index (κ3) is 3.96. The van der Waals surface area contributed by atoms with Gasteiger partial charge >= 0.3 is 0 Å². The van der Waals surface area contributed by atoms with Crippen molar-refractivity contribution in [2.75, 3.05) is 20.2 Å². The summed E-state index contributed by atoms with van der Waals surface area (Å²) in [6.45, 7) is 1.45. The van der Waals surface area contributed by atoms with Crippen molar-refractivity contribution in [3.05, 3.63) is 78.4 Å². The molecule has 3 heterocycles. The lowest BCUT2D eigenvalue weighted by molar-refractivity contribution is -0.131. The van der Waals surface area contributed by atoms with Crippen LogP contribution < -0.4 is 4.74 Å². The summed E-state index contributed by atoms with van der Waals surface area (Å²) in [7, 11) is 1.66. The van der Waals surface area contributed by atoms with Crippen LogP contribution in [0.25, 0.3) is 22.2 Å². The molecule has 162 valence electrons. The fourth-order valence-electron chi connectivity index (χ4n) is 4.62. The van der Waals surface area contributed by atoms with Gasteiger partial charge in [-0.25, -0.2) is 0 Å². The molecule has 1 saturated heterocycles. The Morgan fingerprint density at radius 1 is 1.16 bits per heavy atom. The summed E-state index contributed by atoms with van der Waals surface area (Å²) in [5.41, 5.74) is 4.90. The summed E-state index contributed by atoms with van der Waals surface area (Å²) in [4.78, 5) is 27.8. The van der Waals surface area contributed by atoms with Crippen LogP contribution in [0.1, 0.15) is 30.0 Å². The number of aromatic nitrogens is 3. The molecule has 0 radical (unpaired) electrons. The SMILES string of the molecule is COc1cccc(-c2nccnc2C2CCCN(C(=O)Cc3c[nH]c4ccccc34)C2)c1. The molecule has 6 nitrogen and oxygen atoms in total. The van der Waals surface area contributed by atoms with E-state index in [-0.39, 0.29) is 11.8 Å². The Balaban J connectivity index is 1.37. The van der Waals surface area contributed by atoms with Crippen molar-refractivity contribution in [3.63, 3.8) is 0 Å². The van der Waals surface area contributed by atoms with Crippen LogP contribution in [0.3, 0.4) is 0 Å². The van der Waals surface area contributed by atoms with Gasteiger partial charge in [0.1, 0.15) is 5.75 Å². The molecule has 1 N–H and O–H groups in total. The molecule has 0 spiro atoms. The van der Waals surface area contributed by atoms with Gasteiger partial charge in [-0.05, 0) is 36.6 Å². The van der Waals surface area contributed by atoms with Crippen molar-refractivity contribution in [2.45, 2.75) is 25.2 Å². The first-order chi connectivity index (χ1) is 15.7. The number of para-hydroxylation sites is 1. The number of aromatic amines is 1. The summed E-state index contributed by atoms with van der Waals surface area (Å²) in [6, 6.07) is 16.0. The third-order valence-electron chi connectivity index (χ3n) is 6.25. The summed E-state index contributed by atoms with van der Waals surface area (Å²) < 4.78 is 5.39. The van der Waals surface area contributed by atoms with Gasteiger partial charge in [-0.15, -0.1) is 0 Å². The van der Waals surface area contributed by atoms with Gasteiger partial charge < -0.3 is 14.6 Å². The van der Waals surface area contributed by atoms with Gasteiger partial charge in [0, 0.05) is 54.1 Å². The van der Waals surface area contributed by atoms with Crippen LogP contribution in [0.15, 0.2) is 67.1 Å². The zero-order chi connectivity index (χ0) is 21.9. The van der Waals surface area contributed by atoms with Gasteiger partial charge in [-0.1, -0.05) is 30.3 Å². The van der Waals surface area contributed by atoms with Crippen LogP contribution in [0, 0.1) is 0 Å². The van der Waals surface area contributed by atoms with Crippen molar-refractivity contribution in [3.8, 4) is 17.0 Å². The van der Waals surface area contributed by atoms with Crippen molar-refractivity contribution >= 4 is 16.8 Å². The van der Waals surface area contributed by atoms with Gasteiger partial charge in [-0.3, -0.25) is 14.8 Å². The zero-order valence-corrected chi connectivity index (χ0v) is 18.1. The highest BCUT2D eigenvalue weighted by atomic mass is 16.5. The summed E-state index contributed by atoms with van der Waals surface area (Å²) in [6.07, 6.45) is 7.77. The van der Waals surface area contributed by atoms with Gasteiger partial charge in [0.15, 0.2) is 0 Å². The minimum absolute atomic E-state index is 0.158. The van der Waals surface area contributed by atoms with E-state index in [0.29, 0.717) is 13.0 Å². The first kappa shape index (κ1) is 20.2. The molecular weight excluding hydrogens is 400 g/mol. The number of rotatable bonds is 5. The monoisotopic (exact) mass is 426 g/mol. The molecule has 1 atom stereocenters. The molecule has 2 aromatic heterocycles. The Kier molecular flexibility index (Phi) is 5.58. The Bertz CT molecular complexity index is 1250. The minimum atomic E-state index is 0.158. The van der Waals surface area contributed by atoms with E-state index in [2.05, 4.69) is 16.0 Å². The minimum Gasteiger partial charge on any atom is -0.497 e. The van der Waals surface area contributed by atoms with Crippen molar-refractivity contribution in [2.24, 2.45) is 0 Å². The smallest absolute Gasteiger partial charge is 0.227 e. The molecule has 2 aromatic carbocycles. The maximum absolute atomic E-state index is 13.2. The molecular formula is C26H26N4O2. The molecule has 1 aliphatic heterocycles. The topological polar surface area (TPSA) is 71.1 Å². The van der Waals surface area contributed by atoms with Gasteiger partial charge in [0.25, 0.3) is 0 Å². The van der Waals surface area contributed by atoms with E-state index in [4.69, 9.17) is 9.72 Å². The first-order valence-electron chi connectivity index (χ1n) is 11.0. The number of carbonyl (C=O) groups is 1. The van der Waals surface area contributed by atoms with Crippen molar-refractivity contribution in [1.29, 1.82) is 0 Å². The number of ether oxygens (including phenoxy) is 1. The number of hydrogen-bond donors (Lipinski definition) is 1. The van der Waals surface area contributed by atoms with Crippen LogP contribution in [0.2, 0.25) is 0 Å². The Morgan fingerprint density at radius 3 is 2.94 bits per heavy atom. The second-order valence-corrected chi connectivity index (χ2v) is 8.24. The highest BCUT2D eigenvalue weighted by Crippen LogP contribution is 2.33. The molecule has 1 unspecified atom stereocenters. The number of piperidine rings is 1. The van der Waals surface area contributed by atoms with E-state index in [1.165, 1.54) is 0 Å². The van der Waals surface area contributed by atoms with Crippen LogP contribution >= 0.6 is 0 Å². The highest BCUT2D eigenvalue weighted by molar-refractivity contribution is 5.89. The standard InChI is InChI=1S/C26H26N4O2/c1-32-21-8-4-6-18(14-21)25-26(28-12-11-27-25)19-7-5-13-30(17-19)24(31)15-20-16-29-23-10-3-2-9-22(20)23/h2-4,6,8-12,14,16,19,29H,5,7,13,15,17H2,1H3. The van der Waals surface area contributed by atoms with Gasteiger partial charge in [0.05, 0.1) is 24.9 Å². The number of fused-ring (bicyclic) bond motifs is 1. The number of likely N-dealkylation sites (tertiary alicyclic amines) is 1. The second-order valence-electron chi connectivity index (χ2n) is 8.24. The van der Waals surface area contributed by atoms with Crippen molar-refractivity contribution in [1.82, 2.24) is 19.9 Å². The van der Waals surface area contributed by atoms with Crippen LogP contribution in [-0.2, 0) is 11.2 Å². The first-order valence-corrected chi connectivity index (χ1v) is 11.0. The van der Waals surface area contributed by atoms with E-state index in [1.807, 2.05) is 53.6 Å². The number of H-pyrrole nitrogens is 1. The normalized spacial score (nSPS) is 16.3. The van der Waals surface area contributed by atoms with E-state index >= 15 is 0 Å². The van der Waals surface area contributed by atoms with Crippen LogP contribution in [0.4, 0.5) is 0 Å². The van der Waals surface area contributed by atoms with E-state index in [0.717, 1.165) is 58.6 Å². The maximum atomic E-state index is 13.2. The van der Waals surface area contributed by atoms with Crippen LogP contribution in [0.5, 0.6) is 5.75 Å². The lowest BCUT2D eigenvalue weighted by Crippen LogP contribution is -2.40. The fraction of sp³-hybridized carbons (Fsp3) is 0.269. The number of carbonyl (C=O) groups excluding carboxylic acids is 1. The Morgan fingerprint density at radius 2 is 2.03 bits per heavy atom. The highest BCUT2D eigenvalue weighted by Gasteiger charge is 2.28. The lowest BCUT2D eigenvalue weighted by Gasteiger charge is -2.33. The fourth-order valence-corrected chi connectivity index (χ4v) is 4.62. The molecule has 0 saturated carbocycles. The maximum Gasteiger partial charge on any atom is 0.227 e. The van der Waals surface area contributed by atoms with Crippen LogP contribution in [-0.4, -0.2) is 46.0 Å². The van der Waals surface area contributed by atoms with E-state index < -0.39 is 0 Å². The predicted molar refractivity (Wildman–Crippen MR) is 125 cm³/mol. The molecule has 5 rings (SSSR count). The number of benzene rings is 2. The quantitative estimate of drug-likeness (QED) is 0.507. The molecule has 0 aliphatic carbocycles. The van der Waals surface area contributed by atoms with Crippen molar-refractivity contribution < 1.29 is 9.53 Å².